The van der Waals surface area contributed by atoms with E-state index in [1.807, 2.05) is 13.8 Å². The summed E-state index contributed by atoms with van der Waals surface area (Å²) in [6, 6.07) is 6.97. The molecule has 2 aromatic rings. The monoisotopic (exact) mass is 329 g/mol. The summed E-state index contributed by atoms with van der Waals surface area (Å²) >= 11 is 0. The fourth-order valence-corrected chi connectivity index (χ4v) is 2.17. The number of aromatic nitrogens is 2. The lowest BCUT2D eigenvalue weighted by Crippen LogP contribution is -2.18. The third-order valence-electron chi connectivity index (χ3n) is 3.39. The Kier molecular flexibility index (Phi) is 5.83. The molecule has 0 radical (unpaired) electrons. The Balaban J connectivity index is 2.46. The molecule has 0 N–H and O–H groups in total. The van der Waals surface area contributed by atoms with Crippen molar-refractivity contribution in [2.24, 2.45) is 5.16 Å². The van der Waals surface area contributed by atoms with Crippen LogP contribution in [0.15, 0.2) is 35.7 Å². The van der Waals surface area contributed by atoms with Gasteiger partial charge in [-0.15, -0.1) is 0 Å². The maximum atomic E-state index is 12.0. The molecule has 0 saturated heterocycles. The lowest BCUT2D eigenvalue weighted by Gasteiger charge is -2.13. The van der Waals surface area contributed by atoms with Gasteiger partial charge in [-0.3, -0.25) is 0 Å². The summed E-state index contributed by atoms with van der Waals surface area (Å²) in [7, 11) is 2.63. The summed E-state index contributed by atoms with van der Waals surface area (Å²) in [5.41, 5.74) is 2.20. The third kappa shape index (κ3) is 3.68. The second kappa shape index (κ2) is 8.05. The molecule has 0 bridgehead atoms. The molecule has 0 spiro atoms. The molecule has 7 heteroatoms. The first kappa shape index (κ1) is 17.4. The smallest absolute Gasteiger partial charge is 0.360 e. The van der Waals surface area contributed by atoms with E-state index in [4.69, 9.17) is 14.3 Å². The van der Waals surface area contributed by atoms with Crippen LogP contribution in [0, 0.1) is 6.92 Å². The molecule has 24 heavy (non-hydrogen) atoms. The second-order valence-electron chi connectivity index (χ2n) is 4.82. The third-order valence-corrected chi connectivity index (χ3v) is 3.39. The number of para-hydroxylation sites is 1. The Hall–Kier alpha value is -2.96. The van der Waals surface area contributed by atoms with Gasteiger partial charge in [0, 0.05) is 5.56 Å². The number of esters is 1. The predicted molar refractivity (Wildman–Crippen MR) is 88.2 cm³/mol. The summed E-state index contributed by atoms with van der Waals surface area (Å²) in [5.74, 6) is 0.222. The number of ether oxygens (including phenoxy) is 2. The molecule has 0 saturated carbocycles. The lowest BCUT2D eigenvalue weighted by molar-refractivity contribution is -0.132. The van der Waals surface area contributed by atoms with Crippen LogP contribution in [0.4, 0.5) is 0 Å². The van der Waals surface area contributed by atoms with Crippen molar-refractivity contribution in [2.45, 2.75) is 20.3 Å². The van der Waals surface area contributed by atoms with E-state index >= 15 is 0 Å². The van der Waals surface area contributed by atoms with Gasteiger partial charge in [0.05, 0.1) is 18.4 Å². The molecule has 0 aliphatic carbocycles. The standard InChI is InChI=1S/C17H19N3O4/c1-5-13-11(2)16(19-10-18-13)24-14-9-7-6-8-12(14)15(20-23-4)17(21)22-3/h6-10H,5H2,1-4H3/b20-15-. The largest absolute Gasteiger partial charge is 0.464 e. The van der Waals surface area contributed by atoms with Gasteiger partial charge in [-0.25, -0.2) is 14.8 Å². The number of methoxy groups -OCH3 is 1. The molecule has 1 aromatic heterocycles. The number of carbonyl (C=O) groups is 1. The highest BCUT2D eigenvalue weighted by atomic mass is 16.6. The maximum absolute atomic E-state index is 12.0. The Bertz CT molecular complexity index is 759. The summed E-state index contributed by atoms with van der Waals surface area (Å²) < 4.78 is 10.7. The van der Waals surface area contributed by atoms with Crippen molar-refractivity contribution in [3.05, 3.63) is 47.4 Å². The molecule has 0 amide bonds. The van der Waals surface area contributed by atoms with Gasteiger partial charge in [-0.2, -0.15) is 0 Å². The number of aryl methyl sites for hydroxylation is 1. The molecule has 0 unspecified atom stereocenters. The van der Waals surface area contributed by atoms with E-state index in [1.165, 1.54) is 20.5 Å². The van der Waals surface area contributed by atoms with Crippen molar-refractivity contribution in [2.75, 3.05) is 14.2 Å². The van der Waals surface area contributed by atoms with E-state index in [9.17, 15) is 4.79 Å². The fourth-order valence-electron chi connectivity index (χ4n) is 2.17. The van der Waals surface area contributed by atoms with Gasteiger partial charge >= 0.3 is 5.97 Å². The van der Waals surface area contributed by atoms with Gasteiger partial charge < -0.3 is 14.3 Å². The highest BCUT2D eigenvalue weighted by Crippen LogP contribution is 2.28. The minimum absolute atomic E-state index is 0.0121. The fraction of sp³-hybridized carbons (Fsp3) is 0.294. The minimum atomic E-state index is -0.624. The van der Waals surface area contributed by atoms with Crippen LogP contribution in [0.2, 0.25) is 0 Å². The molecule has 0 aliphatic heterocycles. The average Bonchev–Trinajstić information content (AvgIpc) is 2.61. The molecular formula is C17H19N3O4. The molecule has 0 atom stereocenters. The molecule has 2 rings (SSSR count). The van der Waals surface area contributed by atoms with Crippen LogP contribution in [0.3, 0.4) is 0 Å². The zero-order valence-corrected chi connectivity index (χ0v) is 14.1. The maximum Gasteiger partial charge on any atom is 0.360 e. The van der Waals surface area contributed by atoms with Crippen molar-refractivity contribution in [3.63, 3.8) is 0 Å². The summed E-state index contributed by atoms with van der Waals surface area (Å²) in [4.78, 5) is 25.1. The van der Waals surface area contributed by atoms with E-state index in [2.05, 4.69) is 15.1 Å². The van der Waals surface area contributed by atoms with Crippen LogP contribution in [-0.4, -0.2) is 35.9 Å². The van der Waals surface area contributed by atoms with Crippen molar-refractivity contribution in [1.82, 2.24) is 9.97 Å². The van der Waals surface area contributed by atoms with Gasteiger partial charge in [0.15, 0.2) is 5.71 Å². The number of rotatable bonds is 6. The van der Waals surface area contributed by atoms with E-state index < -0.39 is 5.97 Å². The topological polar surface area (TPSA) is 82.9 Å². The van der Waals surface area contributed by atoms with Gasteiger partial charge in [-0.1, -0.05) is 24.2 Å². The summed E-state index contributed by atoms with van der Waals surface area (Å²) in [5, 5.41) is 3.75. The molecule has 0 aliphatic rings. The van der Waals surface area contributed by atoms with E-state index in [1.54, 1.807) is 24.3 Å². The van der Waals surface area contributed by atoms with Crippen LogP contribution >= 0.6 is 0 Å². The SMILES string of the molecule is CCc1ncnc(Oc2ccccc2/C(=N/OC)C(=O)OC)c1C. The number of hydrogen-bond acceptors (Lipinski definition) is 7. The average molecular weight is 329 g/mol. The molecular weight excluding hydrogens is 310 g/mol. The first-order valence-electron chi connectivity index (χ1n) is 7.39. The van der Waals surface area contributed by atoms with Gasteiger partial charge in [0.25, 0.3) is 0 Å². The normalized spacial score (nSPS) is 11.1. The summed E-state index contributed by atoms with van der Waals surface area (Å²) in [6.45, 7) is 3.90. The first-order chi connectivity index (χ1) is 11.6. The Morgan fingerprint density at radius 2 is 1.96 bits per heavy atom. The number of carbonyl (C=O) groups excluding carboxylic acids is 1. The highest BCUT2D eigenvalue weighted by molar-refractivity contribution is 6.43. The second-order valence-corrected chi connectivity index (χ2v) is 4.82. The van der Waals surface area contributed by atoms with Crippen molar-refractivity contribution in [1.29, 1.82) is 0 Å². The Morgan fingerprint density at radius 1 is 1.21 bits per heavy atom. The van der Waals surface area contributed by atoms with Gasteiger partial charge in [0.2, 0.25) is 5.88 Å². The quantitative estimate of drug-likeness (QED) is 0.460. The number of nitrogens with zero attached hydrogens (tertiary/aromatic N) is 3. The van der Waals surface area contributed by atoms with Crippen molar-refractivity contribution >= 4 is 11.7 Å². The molecule has 1 heterocycles. The number of oxime groups is 1. The summed E-state index contributed by atoms with van der Waals surface area (Å²) in [6.07, 6.45) is 2.22. The van der Waals surface area contributed by atoms with E-state index in [0.717, 1.165) is 17.7 Å². The first-order valence-corrected chi connectivity index (χ1v) is 7.39. The molecule has 7 nitrogen and oxygen atoms in total. The van der Waals surface area contributed by atoms with Crippen LogP contribution < -0.4 is 4.74 Å². The highest BCUT2D eigenvalue weighted by Gasteiger charge is 2.21. The zero-order valence-electron chi connectivity index (χ0n) is 14.1. The number of hydrogen-bond donors (Lipinski definition) is 0. The van der Waals surface area contributed by atoms with Crippen LogP contribution in [-0.2, 0) is 20.8 Å². The van der Waals surface area contributed by atoms with E-state index in [-0.39, 0.29) is 5.71 Å². The zero-order chi connectivity index (χ0) is 17.5. The molecule has 126 valence electrons. The van der Waals surface area contributed by atoms with Crippen LogP contribution in [0.1, 0.15) is 23.7 Å². The Morgan fingerprint density at radius 3 is 2.62 bits per heavy atom. The van der Waals surface area contributed by atoms with Crippen molar-refractivity contribution in [3.8, 4) is 11.6 Å². The van der Waals surface area contributed by atoms with Gasteiger partial charge in [-0.05, 0) is 25.5 Å². The van der Waals surface area contributed by atoms with Crippen LogP contribution in [0.25, 0.3) is 0 Å². The van der Waals surface area contributed by atoms with Crippen LogP contribution in [0.5, 0.6) is 11.6 Å². The van der Waals surface area contributed by atoms with Crippen molar-refractivity contribution < 1.29 is 19.1 Å². The van der Waals surface area contributed by atoms with E-state index in [0.29, 0.717) is 17.2 Å². The lowest BCUT2D eigenvalue weighted by atomic mass is 10.1. The molecule has 0 fully saturated rings. The molecule has 1 aromatic carbocycles. The van der Waals surface area contributed by atoms with Gasteiger partial charge in [0.1, 0.15) is 19.2 Å². The number of benzene rings is 1. The minimum Gasteiger partial charge on any atom is -0.464 e. The Labute approximate surface area is 140 Å². The predicted octanol–water partition coefficient (Wildman–Crippen LogP) is 2.66.